The normalized spacial score (nSPS) is 15.3. The summed E-state index contributed by atoms with van der Waals surface area (Å²) in [4.78, 5) is 15.0. The third-order valence-corrected chi connectivity index (χ3v) is 5.28. The zero-order chi connectivity index (χ0) is 19.2. The van der Waals surface area contributed by atoms with Gasteiger partial charge in [-0.05, 0) is 87.1 Å². The summed E-state index contributed by atoms with van der Waals surface area (Å²) >= 11 is 0. The average molecular weight is 367 g/mol. The quantitative estimate of drug-likeness (QED) is 0.774. The molecule has 1 aliphatic rings. The van der Waals surface area contributed by atoms with Crippen LogP contribution in [0.1, 0.15) is 43.7 Å². The number of hydrogen-bond donors (Lipinski definition) is 1. The lowest BCUT2D eigenvalue weighted by Crippen LogP contribution is -2.32. The minimum atomic E-state index is -0.506. The summed E-state index contributed by atoms with van der Waals surface area (Å²) in [5, 5.41) is 2.99. The maximum atomic E-state index is 12.6. The lowest BCUT2D eigenvalue weighted by atomic mass is 10.1. The van der Waals surface area contributed by atoms with Gasteiger partial charge in [-0.3, -0.25) is 4.79 Å². The first-order valence-corrected chi connectivity index (χ1v) is 9.96. The first-order chi connectivity index (χ1) is 13.1. The van der Waals surface area contributed by atoms with Crippen molar-refractivity contribution in [2.24, 2.45) is 0 Å². The monoisotopic (exact) mass is 366 g/mol. The van der Waals surface area contributed by atoms with Crippen LogP contribution in [0.25, 0.3) is 0 Å². The number of nitrogens with one attached hydrogen (secondary N) is 1. The molecule has 144 valence electrons. The van der Waals surface area contributed by atoms with Crippen molar-refractivity contribution < 1.29 is 9.53 Å². The van der Waals surface area contributed by atoms with Crippen LogP contribution >= 0.6 is 0 Å². The third-order valence-electron chi connectivity index (χ3n) is 5.28. The van der Waals surface area contributed by atoms with Crippen molar-refractivity contribution in [1.29, 1.82) is 0 Å². The van der Waals surface area contributed by atoms with Crippen molar-refractivity contribution in [2.75, 3.05) is 23.3 Å². The van der Waals surface area contributed by atoms with E-state index in [2.05, 4.69) is 29.3 Å². The first kappa shape index (κ1) is 19.3. The second-order valence-electron chi connectivity index (χ2n) is 7.34. The molecule has 1 unspecified atom stereocenters. The highest BCUT2D eigenvalue weighted by molar-refractivity contribution is 5.94. The molecule has 0 saturated carbocycles. The van der Waals surface area contributed by atoms with Gasteiger partial charge in [-0.25, -0.2) is 0 Å². The van der Waals surface area contributed by atoms with Crippen LogP contribution in [0, 0.1) is 13.8 Å². The average Bonchev–Trinajstić information content (AvgIpc) is 2.70. The van der Waals surface area contributed by atoms with Gasteiger partial charge in [-0.15, -0.1) is 0 Å². The summed E-state index contributed by atoms with van der Waals surface area (Å²) in [6, 6.07) is 14.1. The van der Waals surface area contributed by atoms with Crippen LogP contribution in [0.15, 0.2) is 42.5 Å². The standard InChI is InChI=1S/C23H30N2O2/c1-4-22(27-21-13-8-17(2)18(3)16-21)23(26)24-19-9-11-20(12-10-19)25-14-6-5-7-15-25/h8-13,16,22H,4-7,14-15H2,1-3H3,(H,24,26). The van der Waals surface area contributed by atoms with Crippen molar-refractivity contribution in [3.05, 3.63) is 53.6 Å². The number of ether oxygens (including phenoxy) is 1. The van der Waals surface area contributed by atoms with Gasteiger partial charge in [0, 0.05) is 24.5 Å². The third kappa shape index (κ3) is 5.03. The molecule has 1 aliphatic heterocycles. The zero-order valence-corrected chi connectivity index (χ0v) is 16.6. The topological polar surface area (TPSA) is 41.6 Å². The largest absolute Gasteiger partial charge is 0.481 e. The first-order valence-electron chi connectivity index (χ1n) is 9.96. The van der Waals surface area contributed by atoms with E-state index in [1.165, 1.54) is 30.5 Å². The number of carbonyl (C=O) groups is 1. The lowest BCUT2D eigenvalue weighted by Gasteiger charge is -2.29. The highest BCUT2D eigenvalue weighted by Gasteiger charge is 2.19. The van der Waals surface area contributed by atoms with Crippen molar-refractivity contribution in [3.8, 4) is 5.75 Å². The Morgan fingerprint density at radius 1 is 1.04 bits per heavy atom. The molecule has 1 saturated heterocycles. The molecule has 0 spiro atoms. The molecular formula is C23H30N2O2. The molecular weight excluding hydrogens is 336 g/mol. The van der Waals surface area contributed by atoms with E-state index in [9.17, 15) is 4.79 Å². The Bertz CT molecular complexity index is 764. The molecule has 2 aromatic rings. The van der Waals surface area contributed by atoms with E-state index in [1.807, 2.05) is 44.2 Å². The number of anilines is 2. The second-order valence-corrected chi connectivity index (χ2v) is 7.34. The highest BCUT2D eigenvalue weighted by Crippen LogP contribution is 2.23. The van der Waals surface area contributed by atoms with Crippen molar-refractivity contribution >= 4 is 17.3 Å². The number of nitrogens with zero attached hydrogens (tertiary/aromatic N) is 1. The van der Waals surface area contributed by atoms with E-state index >= 15 is 0 Å². The molecule has 0 aliphatic carbocycles. The summed E-state index contributed by atoms with van der Waals surface area (Å²) in [7, 11) is 0. The van der Waals surface area contributed by atoms with E-state index in [0.29, 0.717) is 6.42 Å². The molecule has 4 heteroatoms. The number of aryl methyl sites for hydroxylation is 2. The molecule has 3 rings (SSSR count). The Labute approximate surface area is 162 Å². The molecule has 2 aromatic carbocycles. The number of carbonyl (C=O) groups excluding carboxylic acids is 1. The van der Waals surface area contributed by atoms with Crippen molar-refractivity contribution in [1.82, 2.24) is 0 Å². The Morgan fingerprint density at radius 3 is 2.37 bits per heavy atom. The fourth-order valence-corrected chi connectivity index (χ4v) is 3.40. The van der Waals surface area contributed by atoms with Crippen molar-refractivity contribution in [2.45, 2.75) is 52.6 Å². The molecule has 4 nitrogen and oxygen atoms in total. The molecule has 0 radical (unpaired) electrons. The maximum Gasteiger partial charge on any atom is 0.265 e. The van der Waals surface area contributed by atoms with Crippen LogP contribution in [0.4, 0.5) is 11.4 Å². The fraction of sp³-hybridized carbons (Fsp3) is 0.435. The van der Waals surface area contributed by atoms with Gasteiger partial charge in [0.25, 0.3) is 5.91 Å². The van der Waals surface area contributed by atoms with E-state index in [1.54, 1.807) is 0 Å². The lowest BCUT2D eigenvalue weighted by molar-refractivity contribution is -0.122. The van der Waals surface area contributed by atoms with Gasteiger partial charge in [-0.2, -0.15) is 0 Å². The summed E-state index contributed by atoms with van der Waals surface area (Å²) in [5.41, 5.74) is 4.42. The van der Waals surface area contributed by atoms with Gasteiger partial charge in [0.15, 0.2) is 6.10 Å². The molecule has 27 heavy (non-hydrogen) atoms. The van der Waals surface area contributed by atoms with Crippen molar-refractivity contribution in [3.63, 3.8) is 0 Å². The number of hydrogen-bond acceptors (Lipinski definition) is 3. The predicted molar refractivity (Wildman–Crippen MR) is 112 cm³/mol. The van der Waals surface area contributed by atoms with E-state index in [-0.39, 0.29) is 5.91 Å². The van der Waals surface area contributed by atoms with Crippen LogP contribution in [0.2, 0.25) is 0 Å². The molecule has 0 bridgehead atoms. The minimum absolute atomic E-state index is 0.110. The highest BCUT2D eigenvalue weighted by atomic mass is 16.5. The van der Waals surface area contributed by atoms with Gasteiger partial charge < -0.3 is 15.0 Å². The van der Waals surface area contributed by atoms with E-state index < -0.39 is 6.10 Å². The fourth-order valence-electron chi connectivity index (χ4n) is 3.40. The molecule has 1 atom stereocenters. The molecule has 1 fully saturated rings. The molecule has 1 amide bonds. The van der Waals surface area contributed by atoms with Gasteiger partial charge in [0.2, 0.25) is 0 Å². The van der Waals surface area contributed by atoms with Crippen LogP contribution in [-0.4, -0.2) is 25.1 Å². The van der Waals surface area contributed by atoms with Gasteiger partial charge in [-0.1, -0.05) is 13.0 Å². The van der Waals surface area contributed by atoms with Crippen LogP contribution in [0.3, 0.4) is 0 Å². The number of piperidine rings is 1. The molecule has 0 aromatic heterocycles. The second kappa shape index (κ2) is 8.94. The van der Waals surface area contributed by atoms with E-state index in [0.717, 1.165) is 30.1 Å². The Morgan fingerprint density at radius 2 is 1.74 bits per heavy atom. The zero-order valence-electron chi connectivity index (χ0n) is 16.6. The number of benzene rings is 2. The number of rotatable bonds is 6. The Hall–Kier alpha value is -2.49. The van der Waals surface area contributed by atoms with Crippen LogP contribution < -0.4 is 15.0 Å². The summed E-state index contributed by atoms with van der Waals surface area (Å²) in [5.74, 6) is 0.627. The maximum absolute atomic E-state index is 12.6. The van der Waals surface area contributed by atoms with Crippen LogP contribution in [-0.2, 0) is 4.79 Å². The molecule has 1 N–H and O–H groups in total. The Balaban J connectivity index is 1.61. The number of amides is 1. The summed E-state index contributed by atoms with van der Waals surface area (Å²) in [6.07, 6.45) is 3.95. The smallest absolute Gasteiger partial charge is 0.265 e. The summed E-state index contributed by atoms with van der Waals surface area (Å²) in [6.45, 7) is 8.31. The van der Waals surface area contributed by atoms with E-state index in [4.69, 9.17) is 4.74 Å². The molecule has 1 heterocycles. The minimum Gasteiger partial charge on any atom is -0.481 e. The van der Waals surface area contributed by atoms with Crippen LogP contribution in [0.5, 0.6) is 5.75 Å². The van der Waals surface area contributed by atoms with Gasteiger partial charge in [0.05, 0.1) is 0 Å². The summed E-state index contributed by atoms with van der Waals surface area (Å²) < 4.78 is 5.93. The predicted octanol–water partition coefficient (Wildman–Crippen LogP) is 5.09. The van der Waals surface area contributed by atoms with Gasteiger partial charge in [0.1, 0.15) is 5.75 Å². The van der Waals surface area contributed by atoms with Gasteiger partial charge >= 0.3 is 0 Å². The SMILES string of the molecule is CCC(Oc1ccc(C)c(C)c1)C(=O)Nc1ccc(N2CCCCC2)cc1. The Kier molecular flexibility index (Phi) is 6.38.